The van der Waals surface area contributed by atoms with E-state index < -0.39 is 155 Å². The molecule has 10 aromatic rings. The molecule has 3 N–H and O–H groups in total. The first-order chi connectivity index (χ1) is 53.0. The number of nitro benzene ring substituents is 5. The number of aromatic amines is 1. The number of aryl methyl sites for hydroxylation is 6. The van der Waals surface area contributed by atoms with Crippen LogP contribution in [0.15, 0.2) is 63.4 Å². The average molecular weight is 2940 g/mol. The van der Waals surface area contributed by atoms with Gasteiger partial charge < -0.3 is 57.4 Å². The largest absolute Gasteiger partial charge is 0.496 e. The molecule has 4 heterocycles. The molecule has 0 saturated heterocycles. The standard InChI is InChI=1S/C17H16FN3O6.C17H18FN3O4.C12H10F2N2O4.2C7H4BrF2NO3.C6HBrF3NO2.Fe.Pd.11Y/c1-6-26-17(22)15(19-4)10-7-11(25-5)13(14(18)16(10)21(23)24)12-8(2)20-27-9(12)3;1-5-24-17(22)12-9-6-10(23-4)13(11-7(2)21-25-8(11)3)14(18)15(9)20-16(12)19;1-5-9(6(2)20-15-5)10-8(19-3)4-7(13)12(11(10)14)16(17)18;1-14-4-2-3(9)7(11(12)13)6(10)5(4)8;1-14-4-2-3(9)5(8)6(10)7(4)11(12)13;7-4-2(8)1-3(9)6(5(4)10)11(12)13;;;;;;;;;;;;;/h7,15H,6H2,1-3,5H3;6,20H,5,19H2,1-4H3;4H,1-3H3;2*2H,1H3;1H;;;;;;;;;;;;;. The van der Waals surface area contributed by atoms with Crippen molar-refractivity contribution in [2.24, 2.45) is 0 Å². The molecule has 4 aromatic heterocycles. The quantitative estimate of drug-likeness (QED) is 0.0118. The number of aromatic nitrogens is 4. The molecule has 0 amide bonds. The fourth-order valence-corrected chi connectivity index (χ4v) is 11.2. The zero-order chi connectivity index (χ0) is 85.6. The van der Waals surface area contributed by atoms with Crippen LogP contribution in [0.25, 0.3) is 49.1 Å². The van der Waals surface area contributed by atoms with E-state index in [0.29, 0.717) is 33.8 Å². The van der Waals surface area contributed by atoms with Crippen LogP contribution >= 0.6 is 47.8 Å². The second-order valence-corrected chi connectivity index (χ2v) is 24.1. The van der Waals surface area contributed by atoms with Gasteiger partial charge in [0.15, 0.2) is 5.82 Å². The number of H-pyrrole nitrogens is 1. The minimum atomic E-state index is -1.70. The molecule has 0 bridgehead atoms. The van der Waals surface area contributed by atoms with Crippen LogP contribution in [0, 0.1) is 163 Å². The number of rotatable bonds is 18. The maximum absolute atomic E-state index is 15.3. The van der Waals surface area contributed by atoms with Crippen LogP contribution in [0.5, 0.6) is 28.7 Å². The second kappa shape index (κ2) is 67.1. The van der Waals surface area contributed by atoms with E-state index >= 15 is 8.78 Å². The van der Waals surface area contributed by atoms with Crippen molar-refractivity contribution in [1.29, 1.82) is 0 Å². The molecule has 0 saturated carbocycles. The molecule has 126 heavy (non-hydrogen) atoms. The summed E-state index contributed by atoms with van der Waals surface area (Å²) in [5.41, 5.74) is 1.72. The first-order valence-electron chi connectivity index (χ1n) is 30.6. The van der Waals surface area contributed by atoms with Crippen LogP contribution in [-0.2, 0) is 412 Å². The van der Waals surface area contributed by atoms with E-state index in [4.69, 9.17) is 49.6 Å². The van der Waals surface area contributed by atoms with E-state index in [2.05, 4.69) is 82.6 Å². The van der Waals surface area contributed by atoms with Crippen LogP contribution in [-0.4, -0.2) is 106 Å². The monoisotopic (exact) mass is 2940 g/mol. The predicted molar refractivity (Wildman–Crippen MR) is 380 cm³/mol. The van der Waals surface area contributed by atoms with Crippen LogP contribution in [0.1, 0.15) is 70.2 Å². The van der Waals surface area contributed by atoms with E-state index in [0.717, 1.165) is 31.4 Å². The summed E-state index contributed by atoms with van der Waals surface area (Å²) in [6, 6.07) is 3.44. The molecule has 1 unspecified atom stereocenters. The molecule has 0 aliphatic heterocycles. The summed E-state index contributed by atoms with van der Waals surface area (Å²) in [6.07, 6.45) is 0. The Hall–Kier alpha value is 0.715. The molecule has 653 valence electrons. The number of fused-ring (bicyclic) bond motifs is 1. The Morgan fingerprint density at radius 1 is 0.444 bits per heavy atom. The number of nitrogen functional groups attached to an aromatic ring is 1. The maximum Gasteiger partial charge on any atom is 0.395 e. The van der Waals surface area contributed by atoms with Crippen molar-refractivity contribution < 1.29 is 527 Å². The molecule has 0 aliphatic carbocycles. The summed E-state index contributed by atoms with van der Waals surface area (Å²) >= 11 is 7.69. The molecule has 0 aliphatic rings. The number of nitrogens with zero attached hydrogens (tertiary/aromatic N) is 9. The number of nitrogens with one attached hydrogen (secondary N) is 1. The van der Waals surface area contributed by atoms with Crippen molar-refractivity contribution in [3.8, 4) is 62.1 Å². The molecule has 33 nitrogen and oxygen atoms in total. The Morgan fingerprint density at radius 3 is 1.09 bits per heavy atom. The van der Waals surface area contributed by atoms with E-state index in [1.165, 1.54) is 49.2 Å². The van der Waals surface area contributed by atoms with Crippen molar-refractivity contribution in [2.45, 2.75) is 61.4 Å². The third-order valence-electron chi connectivity index (χ3n) is 15.0. The number of anilines is 1. The van der Waals surface area contributed by atoms with Crippen LogP contribution in [0.2, 0.25) is 0 Å². The van der Waals surface area contributed by atoms with Gasteiger partial charge in [0.2, 0.25) is 52.3 Å². The van der Waals surface area contributed by atoms with Crippen molar-refractivity contribution >= 4 is 105 Å². The minimum absolute atomic E-state index is 0. The fourth-order valence-electron chi connectivity index (χ4n) is 10.2. The van der Waals surface area contributed by atoms with E-state index in [-0.39, 0.29) is 500 Å². The molecular formula is C66H53Br3F11FeN11O22PdY11. The van der Waals surface area contributed by atoms with Crippen LogP contribution in [0.4, 0.5) is 82.5 Å². The van der Waals surface area contributed by atoms with E-state index in [1.807, 2.05) is 0 Å². The number of halogens is 14. The van der Waals surface area contributed by atoms with Crippen LogP contribution in [0.3, 0.4) is 0 Å². The zero-order valence-electron chi connectivity index (χ0n) is 66.9. The molecule has 10 rings (SSSR count). The summed E-state index contributed by atoms with van der Waals surface area (Å²) < 4.78 is 196. The van der Waals surface area contributed by atoms with Gasteiger partial charge in [0.05, 0.1) is 138 Å². The number of esters is 2. The predicted octanol–water partition coefficient (Wildman–Crippen LogP) is 18.1. The summed E-state index contributed by atoms with van der Waals surface area (Å²) in [5.74, 6) is -14.9. The normalized spacial score (nSPS) is 9.63. The Balaban J connectivity index is -0.000000186. The van der Waals surface area contributed by atoms with Crippen molar-refractivity contribution in [3.05, 3.63) is 221 Å². The number of ether oxygens (including phenoxy) is 7. The molecule has 60 heteroatoms. The van der Waals surface area contributed by atoms with Gasteiger partial charge in [-0.1, -0.05) is 15.5 Å². The topological polar surface area (TPSA) is 439 Å². The maximum atomic E-state index is 15.3. The van der Waals surface area contributed by atoms with Gasteiger partial charge in [-0.25, -0.2) is 29.3 Å². The van der Waals surface area contributed by atoms with Crippen molar-refractivity contribution in [1.82, 2.24) is 20.5 Å². The average Bonchev–Trinajstić information content (AvgIpc) is 1.53. The molecular weight excluding hydrogens is 2890 g/mol. The third-order valence-corrected chi connectivity index (χ3v) is 17.2. The van der Waals surface area contributed by atoms with Gasteiger partial charge in [0.1, 0.15) is 73.3 Å². The summed E-state index contributed by atoms with van der Waals surface area (Å²) in [4.78, 5) is 77.6. The van der Waals surface area contributed by atoms with E-state index in [9.17, 15) is 99.7 Å². The van der Waals surface area contributed by atoms with Gasteiger partial charge in [-0.3, -0.25) is 55.4 Å². The second-order valence-electron chi connectivity index (χ2n) is 21.7. The van der Waals surface area contributed by atoms with Crippen molar-refractivity contribution in [2.75, 3.05) is 54.5 Å². The van der Waals surface area contributed by atoms with Crippen LogP contribution < -0.4 is 29.4 Å². The van der Waals surface area contributed by atoms with Gasteiger partial charge in [0, 0.05) is 427 Å². The Labute approximate surface area is 1030 Å². The minimum Gasteiger partial charge on any atom is -0.496 e. The molecule has 1 atom stereocenters. The van der Waals surface area contributed by atoms with Gasteiger partial charge in [-0.2, -0.15) is 35.1 Å². The summed E-state index contributed by atoms with van der Waals surface area (Å²) in [7, 11) is 6.16. The smallest absolute Gasteiger partial charge is 0.395 e. The molecule has 6 aromatic carbocycles. The first kappa shape index (κ1) is 145. The molecule has 0 fully saturated rings. The number of hydrogen-bond donors (Lipinski definition) is 2. The molecule has 11 radical (unpaired) electrons. The van der Waals surface area contributed by atoms with E-state index in [1.54, 1.807) is 40.7 Å². The number of nitrogens with two attached hydrogens (primary N) is 1. The molecule has 0 spiro atoms. The first-order valence-corrected chi connectivity index (χ1v) is 33.0. The van der Waals surface area contributed by atoms with Gasteiger partial charge in [-0.05, 0) is 115 Å². The Kier molecular flexibility index (Phi) is 77.0. The van der Waals surface area contributed by atoms with Gasteiger partial charge in [0.25, 0.3) is 0 Å². The fraction of sp³-hybridized carbons (Fsp3) is 0.242. The van der Waals surface area contributed by atoms with Gasteiger partial charge in [-0.15, -0.1) is 0 Å². The number of carbonyl (C=O) groups excluding carboxylic acids is 2. The number of nitro groups is 5. The number of benzene rings is 6. The summed E-state index contributed by atoms with van der Waals surface area (Å²) in [6.45, 7) is 20.1. The SMILES string of the molecule is CCOC(=O)c1c(N)[nH]c2c(F)c(-c3c(C)noc3C)c(OC)cc12.COc1cc(F)c(Br)c(F)c1[N+](=O)[O-].COc1cc(F)c([N+](=O)[O-])c(F)c1-c1c(C)noc1C.COc1cc(F)c([N+](=O)[O-])c(F)c1Br.O=[N+]([O-])c1c(F)cc(F)c(Br)c1F.[C-]#[N+]C(C(=O)OCC)c1cc(OC)c(-c2c(C)noc2C)c(F)c1[N+](=O)[O-].[Fe].[Pd].[Y].[Y].[Y].[Y].[Y].[Y].[Y].[Y].[Y].[Y].[Y]. The number of carbonyl (C=O) groups is 2. The Bertz CT molecular complexity index is 5460. The third kappa shape index (κ3) is 34.9. The number of hydrogen-bond acceptors (Lipinski definition) is 26. The zero-order valence-corrected chi connectivity index (χ0v) is 105. The summed E-state index contributed by atoms with van der Waals surface area (Å²) in [5, 5.41) is 64.6. The Morgan fingerprint density at radius 2 is 0.746 bits per heavy atom. The van der Waals surface area contributed by atoms with Crippen molar-refractivity contribution in [3.63, 3.8) is 0 Å². The number of methoxy groups -OCH3 is 5. The van der Waals surface area contributed by atoms with Gasteiger partial charge >= 0.3 is 46.4 Å².